The molecule has 6 nitrogen and oxygen atoms in total. The number of benzene rings is 2. The van der Waals surface area contributed by atoms with E-state index in [1.807, 2.05) is 24.3 Å². The van der Waals surface area contributed by atoms with Gasteiger partial charge in [0.15, 0.2) is 11.5 Å². The van der Waals surface area contributed by atoms with Gasteiger partial charge in [0.2, 0.25) is 0 Å². The Morgan fingerprint density at radius 3 is 2.48 bits per heavy atom. The van der Waals surface area contributed by atoms with Crippen molar-refractivity contribution in [2.24, 2.45) is 0 Å². The molecule has 140 valence electrons. The summed E-state index contributed by atoms with van der Waals surface area (Å²) in [6.45, 7) is 4.99. The van der Waals surface area contributed by atoms with Gasteiger partial charge in [-0.2, -0.15) is 0 Å². The van der Waals surface area contributed by atoms with Crippen molar-refractivity contribution in [3.8, 4) is 11.5 Å². The second-order valence-electron chi connectivity index (χ2n) is 6.04. The number of nitrogens with one attached hydrogen (secondary N) is 1. The van der Waals surface area contributed by atoms with Crippen LogP contribution in [0.25, 0.3) is 0 Å². The topological polar surface area (TPSA) is 59.5 Å². The van der Waals surface area contributed by atoms with Crippen LogP contribution in [-0.2, 0) is 0 Å². The van der Waals surface area contributed by atoms with Gasteiger partial charge >= 0.3 is 0 Å². The third-order valence-corrected chi connectivity index (χ3v) is 4.21. The Bertz CT molecular complexity index is 914. The monoisotopic (exact) mass is 364 g/mol. The van der Waals surface area contributed by atoms with E-state index >= 15 is 0 Å². The molecule has 6 heteroatoms. The minimum Gasteiger partial charge on any atom is -0.493 e. The number of hydrogen-bond donors (Lipinski definition) is 1. The van der Waals surface area contributed by atoms with Crippen LogP contribution in [0.4, 0.5) is 23.0 Å². The maximum Gasteiger partial charge on any atom is 0.162 e. The van der Waals surface area contributed by atoms with E-state index in [-0.39, 0.29) is 0 Å². The number of hydrogen-bond acceptors (Lipinski definition) is 6. The lowest BCUT2D eigenvalue weighted by Crippen LogP contribution is -2.17. The first-order valence-electron chi connectivity index (χ1n) is 8.80. The van der Waals surface area contributed by atoms with Gasteiger partial charge in [-0.1, -0.05) is 12.1 Å². The molecule has 1 heterocycles. The standard InChI is InChI=1S/C21H24N4O2/c1-5-25(17-8-6-7-15(2)11-17)21-13-20(22-14-23-21)24-16-9-10-18(26-3)19(12-16)27-4/h6-14H,5H2,1-4H3,(H,22,23,24). The van der Waals surface area contributed by atoms with E-state index in [2.05, 4.69) is 58.3 Å². The van der Waals surface area contributed by atoms with E-state index in [0.29, 0.717) is 17.3 Å². The zero-order chi connectivity index (χ0) is 19.2. The zero-order valence-corrected chi connectivity index (χ0v) is 16.1. The van der Waals surface area contributed by atoms with Crippen LogP contribution in [0.5, 0.6) is 11.5 Å². The van der Waals surface area contributed by atoms with Crippen molar-refractivity contribution < 1.29 is 9.47 Å². The first-order valence-corrected chi connectivity index (χ1v) is 8.80. The Balaban J connectivity index is 1.87. The van der Waals surface area contributed by atoms with Crippen molar-refractivity contribution in [3.63, 3.8) is 0 Å². The van der Waals surface area contributed by atoms with Crippen LogP contribution < -0.4 is 19.7 Å². The number of ether oxygens (including phenoxy) is 2. The molecule has 0 aliphatic carbocycles. The molecule has 0 unspecified atom stereocenters. The lowest BCUT2D eigenvalue weighted by atomic mass is 10.2. The maximum absolute atomic E-state index is 5.36. The second-order valence-corrected chi connectivity index (χ2v) is 6.04. The van der Waals surface area contributed by atoms with Crippen molar-refractivity contribution in [1.82, 2.24) is 9.97 Å². The van der Waals surface area contributed by atoms with Gasteiger partial charge in [0.25, 0.3) is 0 Å². The molecule has 1 N–H and O–H groups in total. The molecule has 0 atom stereocenters. The molecule has 3 rings (SSSR count). The molecule has 27 heavy (non-hydrogen) atoms. The van der Waals surface area contributed by atoms with E-state index in [0.717, 1.165) is 23.7 Å². The molecule has 0 spiro atoms. The first kappa shape index (κ1) is 18.5. The van der Waals surface area contributed by atoms with Gasteiger partial charge in [-0.05, 0) is 43.7 Å². The molecule has 0 saturated heterocycles. The van der Waals surface area contributed by atoms with E-state index in [4.69, 9.17) is 9.47 Å². The zero-order valence-electron chi connectivity index (χ0n) is 16.1. The summed E-state index contributed by atoms with van der Waals surface area (Å²) in [7, 11) is 3.23. The minimum absolute atomic E-state index is 0.659. The smallest absolute Gasteiger partial charge is 0.162 e. The summed E-state index contributed by atoms with van der Waals surface area (Å²) in [4.78, 5) is 10.9. The van der Waals surface area contributed by atoms with Crippen LogP contribution in [0.2, 0.25) is 0 Å². The highest BCUT2D eigenvalue weighted by atomic mass is 16.5. The third kappa shape index (κ3) is 4.28. The van der Waals surface area contributed by atoms with Crippen molar-refractivity contribution in [2.75, 3.05) is 31.0 Å². The summed E-state index contributed by atoms with van der Waals surface area (Å²) in [5, 5.41) is 3.30. The summed E-state index contributed by atoms with van der Waals surface area (Å²) in [5.74, 6) is 2.88. The van der Waals surface area contributed by atoms with E-state index < -0.39 is 0 Å². The predicted octanol–water partition coefficient (Wildman–Crippen LogP) is 4.70. The number of aromatic nitrogens is 2. The van der Waals surface area contributed by atoms with E-state index in [9.17, 15) is 0 Å². The highest BCUT2D eigenvalue weighted by Gasteiger charge is 2.11. The first-order chi connectivity index (χ1) is 13.1. The van der Waals surface area contributed by atoms with Gasteiger partial charge in [-0.25, -0.2) is 9.97 Å². The lowest BCUT2D eigenvalue weighted by Gasteiger charge is -2.22. The fraction of sp³-hybridized carbons (Fsp3) is 0.238. The van der Waals surface area contributed by atoms with Gasteiger partial charge in [0, 0.05) is 30.1 Å². The third-order valence-electron chi connectivity index (χ3n) is 4.21. The predicted molar refractivity (Wildman–Crippen MR) is 109 cm³/mol. The van der Waals surface area contributed by atoms with Gasteiger partial charge in [-0.3, -0.25) is 0 Å². The van der Waals surface area contributed by atoms with Crippen LogP contribution in [0.15, 0.2) is 54.9 Å². The Kier molecular flexibility index (Phi) is 5.76. The molecule has 0 saturated carbocycles. The Labute approximate surface area is 159 Å². The van der Waals surface area contributed by atoms with Crippen molar-refractivity contribution in [2.45, 2.75) is 13.8 Å². The van der Waals surface area contributed by atoms with E-state index in [1.54, 1.807) is 20.5 Å². The molecule has 0 radical (unpaired) electrons. The largest absolute Gasteiger partial charge is 0.493 e. The highest BCUT2D eigenvalue weighted by Crippen LogP contribution is 2.31. The second kappa shape index (κ2) is 8.40. The molecule has 0 aliphatic heterocycles. The number of rotatable bonds is 7. The SMILES string of the molecule is CCN(c1cccc(C)c1)c1cc(Nc2ccc(OC)c(OC)c2)ncn1. The van der Waals surface area contributed by atoms with Crippen molar-refractivity contribution >= 4 is 23.0 Å². The number of aryl methyl sites for hydroxylation is 1. The minimum atomic E-state index is 0.659. The quantitative estimate of drug-likeness (QED) is 0.655. The van der Waals surface area contributed by atoms with Gasteiger partial charge in [0.1, 0.15) is 18.0 Å². The number of methoxy groups -OCH3 is 2. The average molecular weight is 364 g/mol. The molecule has 0 bridgehead atoms. The maximum atomic E-state index is 5.36. The molecule has 0 amide bonds. The molecule has 0 fully saturated rings. The summed E-state index contributed by atoms with van der Waals surface area (Å²) in [5.41, 5.74) is 3.17. The highest BCUT2D eigenvalue weighted by molar-refractivity contribution is 5.66. The van der Waals surface area contributed by atoms with E-state index in [1.165, 1.54) is 5.56 Å². The Morgan fingerprint density at radius 2 is 1.78 bits per heavy atom. The van der Waals surface area contributed by atoms with Gasteiger partial charge in [-0.15, -0.1) is 0 Å². The van der Waals surface area contributed by atoms with Gasteiger partial charge in [0.05, 0.1) is 14.2 Å². The van der Waals surface area contributed by atoms with Gasteiger partial charge < -0.3 is 19.7 Å². The summed E-state index contributed by atoms with van der Waals surface area (Å²) in [6.07, 6.45) is 1.57. The van der Waals surface area contributed by atoms with Crippen molar-refractivity contribution in [1.29, 1.82) is 0 Å². The normalized spacial score (nSPS) is 10.4. The fourth-order valence-corrected chi connectivity index (χ4v) is 2.90. The molecule has 2 aromatic carbocycles. The van der Waals surface area contributed by atoms with Crippen LogP contribution in [0, 0.1) is 6.92 Å². The Hall–Kier alpha value is -3.28. The number of nitrogens with zero attached hydrogens (tertiary/aromatic N) is 3. The van der Waals surface area contributed by atoms with Crippen LogP contribution >= 0.6 is 0 Å². The lowest BCUT2D eigenvalue weighted by molar-refractivity contribution is 0.355. The van der Waals surface area contributed by atoms with Crippen LogP contribution in [0.3, 0.4) is 0 Å². The molecular weight excluding hydrogens is 340 g/mol. The summed E-state index contributed by atoms with van der Waals surface area (Å²) in [6, 6.07) is 15.9. The average Bonchev–Trinajstić information content (AvgIpc) is 2.69. The summed E-state index contributed by atoms with van der Waals surface area (Å²) >= 11 is 0. The van der Waals surface area contributed by atoms with Crippen LogP contribution in [-0.4, -0.2) is 30.7 Å². The number of anilines is 4. The fourth-order valence-electron chi connectivity index (χ4n) is 2.90. The molecular formula is C21H24N4O2. The summed E-state index contributed by atoms with van der Waals surface area (Å²) < 4.78 is 10.6. The Morgan fingerprint density at radius 1 is 0.963 bits per heavy atom. The van der Waals surface area contributed by atoms with Crippen LogP contribution in [0.1, 0.15) is 12.5 Å². The van der Waals surface area contributed by atoms with Crippen molar-refractivity contribution in [3.05, 3.63) is 60.4 Å². The molecule has 1 aromatic heterocycles. The molecule has 0 aliphatic rings. The molecule has 3 aromatic rings.